The van der Waals surface area contributed by atoms with Gasteiger partial charge in [-0.05, 0) is 0 Å². The minimum Gasteiger partial charge on any atom is -0.822 e. The van der Waals surface area contributed by atoms with Crippen molar-refractivity contribution >= 4 is 46.9 Å². The summed E-state index contributed by atoms with van der Waals surface area (Å²) in [6.07, 6.45) is 0. The zero-order valence-corrected chi connectivity index (χ0v) is 65.2. The molecule has 0 aliphatic rings. The van der Waals surface area contributed by atoms with Crippen LogP contribution in [0.15, 0.2) is 0 Å². The van der Waals surface area contributed by atoms with E-state index in [0.717, 1.165) is 0 Å². The molecular formula is CsO24P6W12+31. The molecule has 0 aliphatic carbocycles. The second-order valence-corrected chi connectivity index (χ2v) is 8.05. The summed E-state index contributed by atoms with van der Waals surface area (Å²) in [5.74, 6) is 0. The molecule has 0 rings (SSSR count). The summed E-state index contributed by atoms with van der Waals surface area (Å²) in [7, 11) is -32.3. The van der Waals surface area contributed by atoms with E-state index in [2.05, 4.69) is 0 Å². The van der Waals surface area contributed by atoms with Crippen molar-refractivity contribution < 1.29 is 437 Å². The van der Waals surface area contributed by atoms with Crippen LogP contribution in [0.4, 0.5) is 0 Å². The Labute approximate surface area is 473 Å². The van der Waals surface area contributed by atoms with Crippen LogP contribution in [0.2, 0.25) is 0 Å². The normalized spacial score (nSPS) is 8.23. The Morgan fingerprint density at radius 1 is 0.186 bits per heavy atom. The summed E-state index contributed by atoms with van der Waals surface area (Å²) in [5.41, 5.74) is 0. The molecule has 0 aliphatic heterocycles. The van der Waals surface area contributed by atoms with Crippen molar-refractivity contribution in [3.8, 4) is 0 Å². The van der Waals surface area contributed by atoms with Crippen molar-refractivity contribution in [3.63, 3.8) is 0 Å². The molecule has 0 heterocycles. The average Bonchev–Trinajstić information content (AvgIpc) is 1.94. The van der Waals surface area contributed by atoms with Crippen LogP contribution in [0.25, 0.3) is 0 Å². The van der Waals surface area contributed by atoms with Gasteiger partial charge < -0.3 is 115 Å². The summed E-state index contributed by atoms with van der Waals surface area (Å²) in [6.45, 7) is 0. The van der Waals surface area contributed by atoms with Crippen LogP contribution in [-0.2, 0) is 280 Å². The number of phosphoric acid groups is 6. The van der Waals surface area contributed by atoms with Gasteiger partial charge in [0.05, 0.1) is 0 Å². The Morgan fingerprint density at radius 3 is 0.186 bits per heavy atom. The number of hydrogen-bond donors (Lipinski definition) is 0. The Kier molecular flexibility index (Phi) is 187. The molecule has 0 amide bonds. The quantitative estimate of drug-likeness (QED) is 0.203. The van der Waals surface area contributed by atoms with E-state index >= 15 is 0 Å². The molecule has 24 nitrogen and oxygen atoms in total. The summed E-state index contributed by atoms with van der Waals surface area (Å²) in [6, 6.07) is 0. The number of rotatable bonds is 0. The van der Waals surface area contributed by atoms with Gasteiger partial charge in [-0.1, -0.05) is 0 Å². The van der Waals surface area contributed by atoms with E-state index in [4.69, 9.17) is 115 Å². The first-order valence-electron chi connectivity index (χ1n) is 4.38. The fraction of sp³-hybridized carbons (Fsp3) is 0. The molecule has 43 heavy (non-hydrogen) atoms. The smallest absolute Gasteiger partial charge is 0.822 e. The van der Waals surface area contributed by atoms with Crippen LogP contribution in [0.1, 0.15) is 0 Å². The topological polar surface area (TPSA) is 518 Å². The van der Waals surface area contributed by atoms with Gasteiger partial charge in [-0.2, -0.15) is 46.9 Å². The number of hydrogen-bond acceptors (Lipinski definition) is 24. The molecular weight excluding hydrogens is 2910 g/mol. The molecule has 0 unspecified atom stereocenters. The van der Waals surface area contributed by atoms with Gasteiger partial charge in [0.2, 0.25) is 0 Å². The van der Waals surface area contributed by atoms with Gasteiger partial charge in [-0.15, -0.1) is 0 Å². The molecule has 0 aromatic heterocycles. The van der Waals surface area contributed by atoms with Gasteiger partial charge in [0.25, 0.3) is 0 Å². The molecule has 43 heteroatoms. The van der Waals surface area contributed by atoms with E-state index in [0.29, 0.717) is 0 Å². The molecule has 0 radical (unpaired) electrons. The predicted molar refractivity (Wildman–Crippen MR) is 45.6 cm³/mol. The third-order valence-corrected chi connectivity index (χ3v) is 0. The predicted octanol–water partition coefficient (Wildman–Crippen LogP) is -20.0. The molecule has 0 spiro atoms. The molecule has 0 fully saturated rings. The zero-order valence-electron chi connectivity index (χ0n) is 18.4. The maximum Gasteiger partial charge on any atom is 4.00 e. The molecule has 0 saturated heterocycles. The van der Waals surface area contributed by atoms with Gasteiger partial charge in [-0.25, -0.2) is 0 Å². The third-order valence-electron chi connectivity index (χ3n) is 0. The SMILES string of the molecule is O=P([O-])([O-])[O-].O=P([O-])([O-])[O-].O=P([O-])([O-])[O-].O=P([O-])([O-])[O-].O=P([O-])([O-])[O-].O=P([O-])([O-])[O-].[Cs+].[W+4].[W+4].[W+4].[W+4].[W+4].[W+4].[W+4].[W+4].[W+4].[W+4].[W+4].[W+4]. The summed E-state index contributed by atoms with van der Waals surface area (Å²) < 4.78 is 51.3. The standard InChI is InChI=1S/Cs.6H3O4P.12W/c;6*1-5(2,3)4;;;;;;;;;;;;/h;6*(H3,1,2,3,4);;;;;;;;;;;;/q+1;;;;;;;12*+4/p-18. The summed E-state index contributed by atoms with van der Waals surface area (Å²) in [4.78, 5) is 154. The Morgan fingerprint density at radius 2 is 0.186 bits per heavy atom. The van der Waals surface area contributed by atoms with Gasteiger partial charge >= 0.3 is 322 Å². The van der Waals surface area contributed by atoms with E-state index in [1.54, 1.807) is 0 Å². The van der Waals surface area contributed by atoms with Crippen LogP contribution in [0, 0.1) is 0 Å². The Hall–Kier alpha value is 11.0. The first-order valence-corrected chi connectivity index (χ1v) is 13.1. The van der Waals surface area contributed by atoms with Crippen molar-refractivity contribution in [2.75, 3.05) is 0 Å². The molecule has 0 N–H and O–H groups in total. The van der Waals surface area contributed by atoms with Gasteiger partial charge in [-0.3, -0.25) is 0 Å². The molecule has 0 atom stereocenters. The van der Waals surface area contributed by atoms with Crippen LogP contribution in [0.5, 0.6) is 0 Å². The molecule has 0 aromatic carbocycles. The van der Waals surface area contributed by atoms with Crippen molar-refractivity contribution in [2.45, 2.75) is 0 Å². The molecule has 216 valence electrons. The summed E-state index contributed by atoms with van der Waals surface area (Å²) >= 11 is 0. The fourth-order valence-electron chi connectivity index (χ4n) is 0. The minimum atomic E-state index is -5.39. The third kappa shape index (κ3) is 1140. The van der Waals surface area contributed by atoms with Crippen molar-refractivity contribution in [1.82, 2.24) is 0 Å². The molecule has 0 saturated carbocycles. The van der Waals surface area contributed by atoms with Crippen LogP contribution < -0.4 is 157 Å². The molecule has 0 aromatic rings. The average molecular weight is 2910 g/mol. The molecule has 0 bridgehead atoms. The maximum absolute atomic E-state index is 8.55. The Bertz CT molecular complexity index is 497. The first-order chi connectivity index (χ1) is 12.0. The van der Waals surface area contributed by atoms with Crippen LogP contribution in [0.3, 0.4) is 0 Å². The van der Waals surface area contributed by atoms with Crippen LogP contribution in [-0.4, -0.2) is 0 Å². The van der Waals surface area contributed by atoms with Gasteiger partial charge in [0.1, 0.15) is 0 Å². The maximum atomic E-state index is 8.55. The minimum absolute atomic E-state index is 0. The fourth-order valence-corrected chi connectivity index (χ4v) is 0. The van der Waals surface area contributed by atoms with Gasteiger partial charge in [0.15, 0.2) is 0 Å². The second-order valence-electron chi connectivity index (χ2n) is 2.68. The zero-order chi connectivity index (χ0) is 27.0. The van der Waals surface area contributed by atoms with Crippen molar-refractivity contribution in [3.05, 3.63) is 0 Å². The van der Waals surface area contributed by atoms with Crippen molar-refractivity contribution in [2.24, 2.45) is 0 Å². The van der Waals surface area contributed by atoms with E-state index in [1.807, 2.05) is 0 Å². The second kappa shape index (κ2) is 64.8. The first kappa shape index (κ1) is 124. The summed E-state index contributed by atoms with van der Waals surface area (Å²) in [5, 5.41) is 0. The van der Waals surface area contributed by atoms with Crippen LogP contribution >= 0.6 is 46.9 Å². The van der Waals surface area contributed by atoms with Gasteiger partial charge in [0, 0.05) is 0 Å². The van der Waals surface area contributed by atoms with Crippen molar-refractivity contribution in [1.29, 1.82) is 0 Å². The van der Waals surface area contributed by atoms with E-state index < -0.39 is 46.9 Å². The monoisotopic (exact) mass is 2910 g/mol. The van der Waals surface area contributed by atoms with E-state index in [1.165, 1.54) is 0 Å². The van der Waals surface area contributed by atoms with E-state index in [-0.39, 0.29) is 322 Å². The van der Waals surface area contributed by atoms with E-state index in [9.17, 15) is 0 Å². The largest absolute Gasteiger partial charge is 4.00 e. The Balaban J connectivity index is -0.00000000892.